The van der Waals surface area contributed by atoms with Gasteiger partial charge in [-0.2, -0.15) is 0 Å². The third-order valence-corrected chi connectivity index (χ3v) is 3.05. The number of benzene rings is 2. The lowest BCUT2D eigenvalue weighted by molar-refractivity contribution is 0.0992. The van der Waals surface area contributed by atoms with Crippen molar-refractivity contribution < 1.29 is 23.8 Å². The van der Waals surface area contributed by atoms with Crippen molar-refractivity contribution in [3.05, 3.63) is 59.4 Å². The number of halogens is 1. The number of carboxylic acid groups (broad SMARTS) is 1. The van der Waals surface area contributed by atoms with Crippen molar-refractivity contribution in [1.29, 1.82) is 0 Å². The minimum Gasteiger partial charge on any atom is -0.497 e. The number of carbonyl (C=O) groups excluding carboxylic acids is 1. The molecule has 114 valence electrons. The Kier molecular flexibility index (Phi) is 4.73. The highest BCUT2D eigenvalue weighted by Crippen LogP contribution is 2.24. The summed E-state index contributed by atoms with van der Waals surface area (Å²) in [6.07, 6.45) is -1.30. The average molecular weight is 303 g/mol. The van der Waals surface area contributed by atoms with Gasteiger partial charge in [-0.3, -0.25) is 10.1 Å². The maximum atomic E-state index is 13.2. The van der Waals surface area contributed by atoms with E-state index in [2.05, 4.69) is 5.32 Å². The smallest absolute Gasteiger partial charge is 0.409 e. The summed E-state index contributed by atoms with van der Waals surface area (Å²) in [5, 5.41) is 11.1. The summed E-state index contributed by atoms with van der Waals surface area (Å²) in [6, 6.07) is 10.0. The second-order valence-electron chi connectivity index (χ2n) is 4.56. The van der Waals surface area contributed by atoms with Gasteiger partial charge in [-0.15, -0.1) is 0 Å². The summed E-state index contributed by atoms with van der Waals surface area (Å²) in [4.78, 5) is 23.0. The van der Waals surface area contributed by atoms with Crippen LogP contribution in [0.2, 0.25) is 0 Å². The van der Waals surface area contributed by atoms with Crippen LogP contribution in [0.5, 0.6) is 5.75 Å². The van der Waals surface area contributed by atoms with Gasteiger partial charge in [0.2, 0.25) is 0 Å². The molecule has 2 aromatic rings. The van der Waals surface area contributed by atoms with E-state index in [1.54, 1.807) is 12.1 Å². The van der Waals surface area contributed by atoms with E-state index >= 15 is 0 Å². The van der Waals surface area contributed by atoms with Gasteiger partial charge in [-0.05, 0) is 35.9 Å². The molecule has 22 heavy (non-hydrogen) atoms. The van der Waals surface area contributed by atoms with E-state index < -0.39 is 11.9 Å². The van der Waals surface area contributed by atoms with Crippen LogP contribution in [0.15, 0.2) is 42.5 Å². The maximum Gasteiger partial charge on any atom is 0.409 e. The molecule has 0 atom stereocenters. The molecule has 0 aromatic heterocycles. The Hall–Kier alpha value is -2.89. The summed E-state index contributed by atoms with van der Waals surface area (Å²) in [5.74, 6) is -0.320. The Balaban J connectivity index is 2.30. The number of hydrogen-bond acceptors (Lipinski definition) is 3. The second-order valence-corrected chi connectivity index (χ2v) is 4.56. The summed E-state index contributed by atoms with van der Waals surface area (Å²) >= 11 is 0. The van der Waals surface area contributed by atoms with Crippen LogP contribution in [0.3, 0.4) is 0 Å². The predicted molar refractivity (Wildman–Crippen MR) is 79.1 cm³/mol. The van der Waals surface area contributed by atoms with Crippen LogP contribution in [0.25, 0.3) is 0 Å². The van der Waals surface area contributed by atoms with Gasteiger partial charge < -0.3 is 9.84 Å². The van der Waals surface area contributed by atoms with Crippen molar-refractivity contribution in [3.8, 4) is 5.75 Å². The van der Waals surface area contributed by atoms with Crippen molar-refractivity contribution >= 4 is 17.6 Å². The van der Waals surface area contributed by atoms with Crippen LogP contribution in [0.4, 0.5) is 14.9 Å². The Morgan fingerprint density at radius 1 is 1.23 bits per heavy atom. The summed E-state index contributed by atoms with van der Waals surface area (Å²) in [5.41, 5.74) is 0.971. The van der Waals surface area contributed by atoms with Gasteiger partial charge in [0.15, 0.2) is 5.78 Å². The van der Waals surface area contributed by atoms with Gasteiger partial charge in [0.25, 0.3) is 0 Å². The number of rotatable bonds is 5. The van der Waals surface area contributed by atoms with E-state index in [9.17, 15) is 14.0 Å². The average Bonchev–Trinajstić information content (AvgIpc) is 2.48. The Morgan fingerprint density at radius 2 is 2.00 bits per heavy atom. The Morgan fingerprint density at radius 3 is 2.64 bits per heavy atom. The lowest BCUT2D eigenvalue weighted by Crippen LogP contribution is -2.12. The van der Waals surface area contributed by atoms with Gasteiger partial charge in [-0.25, -0.2) is 9.18 Å². The first-order chi connectivity index (χ1) is 10.5. The van der Waals surface area contributed by atoms with Crippen LogP contribution in [0.1, 0.15) is 15.9 Å². The number of anilines is 1. The fourth-order valence-electron chi connectivity index (χ4n) is 2.02. The number of Topliss-reactive ketones (excluding diaryl/α,β-unsaturated/α-hetero) is 1. The largest absolute Gasteiger partial charge is 0.497 e. The Labute approximate surface area is 126 Å². The van der Waals surface area contributed by atoms with Gasteiger partial charge >= 0.3 is 6.09 Å². The number of carbonyl (C=O) groups is 2. The van der Waals surface area contributed by atoms with E-state index in [4.69, 9.17) is 9.84 Å². The molecular formula is C16H14FNO4. The first kappa shape index (κ1) is 15.5. The first-order valence-electron chi connectivity index (χ1n) is 6.45. The highest BCUT2D eigenvalue weighted by Gasteiger charge is 2.13. The van der Waals surface area contributed by atoms with E-state index in [1.165, 1.54) is 31.4 Å². The first-order valence-corrected chi connectivity index (χ1v) is 6.45. The van der Waals surface area contributed by atoms with Crippen molar-refractivity contribution in [1.82, 2.24) is 0 Å². The molecule has 0 heterocycles. The number of ketones is 1. The Bertz CT molecular complexity index is 715. The molecule has 2 N–H and O–H groups in total. The maximum absolute atomic E-state index is 13.2. The molecule has 2 aromatic carbocycles. The highest BCUT2D eigenvalue weighted by molar-refractivity contribution is 5.98. The monoisotopic (exact) mass is 303 g/mol. The molecule has 1 amide bonds. The molecule has 0 spiro atoms. The van der Waals surface area contributed by atoms with E-state index in [0.29, 0.717) is 11.3 Å². The lowest BCUT2D eigenvalue weighted by Gasteiger charge is -2.11. The molecule has 0 radical (unpaired) electrons. The lowest BCUT2D eigenvalue weighted by atomic mass is 10.0. The van der Waals surface area contributed by atoms with Crippen molar-refractivity contribution in [2.24, 2.45) is 0 Å². The number of hydrogen-bond donors (Lipinski definition) is 2. The number of methoxy groups -OCH3 is 1. The number of ether oxygens (including phenoxy) is 1. The molecule has 5 nitrogen and oxygen atoms in total. The third-order valence-electron chi connectivity index (χ3n) is 3.05. The predicted octanol–water partition coefficient (Wildman–Crippen LogP) is 3.35. The van der Waals surface area contributed by atoms with Gasteiger partial charge in [0.05, 0.1) is 7.11 Å². The molecule has 6 heteroatoms. The fraction of sp³-hybridized carbons (Fsp3) is 0.125. The van der Waals surface area contributed by atoms with Crippen LogP contribution >= 0.6 is 0 Å². The van der Waals surface area contributed by atoms with E-state index in [0.717, 1.165) is 6.07 Å². The van der Waals surface area contributed by atoms with E-state index in [1.807, 2.05) is 0 Å². The molecule has 0 bridgehead atoms. The SMILES string of the molecule is COc1ccc(NC(=O)O)c(CC(=O)c2cccc(F)c2)c1. The normalized spacial score (nSPS) is 10.1. The summed E-state index contributed by atoms with van der Waals surface area (Å²) in [6.45, 7) is 0. The number of nitrogens with one attached hydrogen (secondary N) is 1. The zero-order valence-electron chi connectivity index (χ0n) is 11.8. The molecule has 2 rings (SSSR count). The summed E-state index contributed by atoms with van der Waals surface area (Å²) in [7, 11) is 1.47. The molecular weight excluding hydrogens is 289 g/mol. The topological polar surface area (TPSA) is 75.6 Å². The summed E-state index contributed by atoms with van der Waals surface area (Å²) < 4.78 is 18.2. The van der Waals surface area contributed by atoms with E-state index in [-0.39, 0.29) is 23.5 Å². The fourth-order valence-corrected chi connectivity index (χ4v) is 2.02. The molecule has 0 saturated heterocycles. The third kappa shape index (κ3) is 3.82. The van der Waals surface area contributed by atoms with Crippen LogP contribution in [-0.4, -0.2) is 24.1 Å². The second kappa shape index (κ2) is 6.71. The molecule has 0 aliphatic rings. The van der Waals surface area contributed by atoms with Crippen molar-refractivity contribution in [2.45, 2.75) is 6.42 Å². The van der Waals surface area contributed by atoms with Gasteiger partial charge in [0, 0.05) is 17.7 Å². The quantitative estimate of drug-likeness (QED) is 0.831. The van der Waals surface area contributed by atoms with Crippen LogP contribution < -0.4 is 10.1 Å². The minimum absolute atomic E-state index is 0.0731. The molecule has 0 fully saturated rings. The van der Waals surface area contributed by atoms with Crippen molar-refractivity contribution in [3.63, 3.8) is 0 Å². The molecule has 0 saturated carbocycles. The van der Waals surface area contributed by atoms with Crippen LogP contribution in [0, 0.1) is 5.82 Å². The minimum atomic E-state index is -1.23. The van der Waals surface area contributed by atoms with Crippen LogP contribution in [-0.2, 0) is 6.42 Å². The zero-order chi connectivity index (χ0) is 16.1. The molecule has 0 aliphatic heterocycles. The van der Waals surface area contributed by atoms with Gasteiger partial charge in [0.1, 0.15) is 11.6 Å². The number of amides is 1. The molecule has 0 aliphatic carbocycles. The van der Waals surface area contributed by atoms with Gasteiger partial charge in [-0.1, -0.05) is 12.1 Å². The van der Waals surface area contributed by atoms with Crippen molar-refractivity contribution in [2.75, 3.05) is 12.4 Å². The highest BCUT2D eigenvalue weighted by atomic mass is 19.1. The zero-order valence-corrected chi connectivity index (χ0v) is 11.8. The molecule has 0 unspecified atom stereocenters. The standard InChI is InChI=1S/C16H14FNO4/c1-22-13-5-6-14(18-16(20)21)11(8-13)9-15(19)10-3-2-4-12(17)7-10/h2-8,18H,9H2,1H3,(H,20,21).